The van der Waals surface area contributed by atoms with E-state index >= 15 is 0 Å². The molecule has 0 aromatic heterocycles. The minimum atomic E-state index is 0.0842. The molecule has 0 rings (SSSR count). The molecular formula is C4H9OS. The van der Waals surface area contributed by atoms with Crippen LogP contribution in [-0.2, 0) is 5.11 Å². The molecule has 0 heterocycles. The first-order valence-corrected chi connectivity index (χ1v) is 3.38. The lowest BCUT2D eigenvalue weighted by Gasteiger charge is -1.84. The lowest BCUT2D eigenvalue weighted by atomic mass is 10.5. The summed E-state index contributed by atoms with van der Waals surface area (Å²) in [5.41, 5.74) is 0. The first kappa shape index (κ1) is 6.31. The quantitative estimate of drug-likeness (QED) is 0.493. The molecule has 0 aliphatic carbocycles. The first-order chi connectivity index (χ1) is 2.91. The Hall–Kier alpha value is 0.310. The van der Waals surface area contributed by atoms with Crippen molar-refractivity contribution in [2.24, 2.45) is 0 Å². The fourth-order valence-electron chi connectivity index (χ4n) is 0.203. The summed E-state index contributed by atoms with van der Waals surface area (Å²) in [6, 6.07) is 0. The minimum Gasteiger partial charge on any atom is -0.237 e. The maximum atomic E-state index is 9.68. The zero-order chi connectivity index (χ0) is 4.83. The molecule has 0 fully saturated rings. The van der Waals surface area contributed by atoms with Crippen LogP contribution in [0.5, 0.6) is 0 Å². The van der Waals surface area contributed by atoms with Crippen molar-refractivity contribution in [3.8, 4) is 0 Å². The summed E-state index contributed by atoms with van der Waals surface area (Å²) in [4.78, 5) is 0. The van der Waals surface area contributed by atoms with Gasteiger partial charge in [-0.15, -0.1) is 0 Å². The van der Waals surface area contributed by atoms with Gasteiger partial charge in [0.1, 0.15) is 0 Å². The van der Waals surface area contributed by atoms with Gasteiger partial charge >= 0.3 is 0 Å². The van der Waals surface area contributed by atoms with Gasteiger partial charge in [0.2, 0.25) is 0 Å². The van der Waals surface area contributed by atoms with E-state index < -0.39 is 0 Å². The van der Waals surface area contributed by atoms with Crippen molar-refractivity contribution in [1.29, 1.82) is 0 Å². The maximum Gasteiger partial charge on any atom is 0.0830 e. The van der Waals surface area contributed by atoms with E-state index in [1.165, 1.54) is 0 Å². The second-order valence-corrected chi connectivity index (χ2v) is 2.04. The summed E-state index contributed by atoms with van der Waals surface area (Å²) in [5, 5.41) is 9.68. The van der Waals surface area contributed by atoms with Gasteiger partial charge in [-0.2, -0.15) is 11.8 Å². The molecule has 0 saturated carbocycles. The van der Waals surface area contributed by atoms with Crippen LogP contribution in [0.15, 0.2) is 0 Å². The third kappa shape index (κ3) is 4.31. The summed E-state index contributed by atoms with van der Waals surface area (Å²) in [6.45, 7) is 0.0842. The van der Waals surface area contributed by atoms with Crippen LogP contribution in [0.1, 0.15) is 6.42 Å². The van der Waals surface area contributed by atoms with E-state index in [-0.39, 0.29) is 6.61 Å². The van der Waals surface area contributed by atoms with Crippen LogP contribution in [0.25, 0.3) is 0 Å². The summed E-state index contributed by atoms with van der Waals surface area (Å²) >= 11 is 1.73. The second kappa shape index (κ2) is 5.31. The zero-order valence-electron chi connectivity index (χ0n) is 3.94. The second-order valence-electron chi connectivity index (χ2n) is 1.05. The van der Waals surface area contributed by atoms with Gasteiger partial charge in [0.25, 0.3) is 0 Å². The van der Waals surface area contributed by atoms with E-state index in [0.717, 1.165) is 12.2 Å². The highest BCUT2D eigenvalue weighted by molar-refractivity contribution is 7.98. The highest BCUT2D eigenvalue weighted by Gasteiger charge is 1.77. The molecule has 37 valence electrons. The van der Waals surface area contributed by atoms with Crippen LogP contribution < -0.4 is 0 Å². The van der Waals surface area contributed by atoms with Crippen molar-refractivity contribution in [3.63, 3.8) is 0 Å². The molecule has 0 amide bonds. The molecule has 0 aliphatic rings. The predicted octanol–water partition coefficient (Wildman–Crippen LogP) is 1.17. The summed E-state index contributed by atoms with van der Waals surface area (Å²) in [7, 11) is 0. The Labute approximate surface area is 42.8 Å². The smallest absolute Gasteiger partial charge is 0.0830 e. The Bertz CT molecular complexity index is 19.5. The number of rotatable bonds is 3. The van der Waals surface area contributed by atoms with Crippen LogP contribution in [0, 0.1) is 0 Å². The highest BCUT2D eigenvalue weighted by Crippen LogP contribution is 1.92. The molecule has 0 saturated heterocycles. The molecule has 0 N–H and O–H groups in total. The van der Waals surface area contributed by atoms with Crippen molar-refractivity contribution in [2.75, 3.05) is 18.6 Å². The number of hydrogen-bond acceptors (Lipinski definition) is 1. The van der Waals surface area contributed by atoms with Gasteiger partial charge in [0, 0.05) is 0 Å². The molecule has 0 aliphatic heterocycles. The average Bonchev–Trinajstić information content (AvgIpc) is 1.61. The maximum absolute atomic E-state index is 9.68. The SMILES string of the molecule is CSCCC[O]. The molecule has 1 radical (unpaired) electrons. The van der Waals surface area contributed by atoms with Crippen molar-refractivity contribution in [2.45, 2.75) is 6.42 Å². The van der Waals surface area contributed by atoms with Crippen LogP contribution in [-0.4, -0.2) is 18.6 Å². The Morgan fingerprint density at radius 3 is 2.50 bits per heavy atom. The van der Waals surface area contributed by atoms with E-state index in [2.05, 4.69) is 0 Å². The van der Waals surface area contributed by atoms with Gasteiger partial charge in [-0.05, 0) is 18.4 Å². The van der Waals surface area contributed by atoms with Gasteiger partial charge in [-0.25, -0.2) is 5.11 Å². The number of hydrogen-bond donors (Lipinski definition) is 0. The molecule has 0 unspecified atom stereocenters. The van der Waals surface area contributed by atoms with Crippen LogP contribution in [0.3, 0.4) is 0 Å². The molecule has 2 heteroatoms. The van der Waals surface area contributed by atoms with Gasteiger partial charge in [-0.1, -0.05) is 0 Å². The van der Waals surface area contributed by atoms with E-state index in [1.54, 1.807) is 11.8 Å². The molecular weight excluding hydrogens is 96.1 g/mol. The summed E-state index contributed by atoms with van der Waals surface area (Å²) in [6.07, 6.45) is 2.83. The van der Waals surface area contributed by atoms with E-state index in [0.29, 0.717) is 0 Å². The van der Waals surface area contributed by atoms with Crippen molar-refractivity contribution in [3.05, 3.63) is 0 Å². The third-order valence-electron chi connectivity index (χ3n) is 0.493. The Balaban J connectivity index is 2.34. The fourth-order valence-corrected chi connectivity index (χ4v) is 0.610. The molecule has 0 aromatic rings. The normalized spacial score (nSPS) is 9.00. The average molecular weight is 105 g/mol. The molecule has 0 bridgehead atoms. The van der Waals surface area contributed by atoms with Gasteiger partial charge in [0.15, 0.2) is 0 Å². The van der Waals surface area contributed by atoms with Gasteiger partial charge < -0.3 is 0 Å². The molecule has 0 atom stereocenters. The Kier molecular flexibility index (Phi) is 5.58. The monoisotopic (exact) mass is 105 g/mol. The molecule has 0 aromatic carbocycles. The van der Waals surface area contributed by atoms with E-state index in [9.17, 15) is 5.11 Å². The first-order valence-electron chi connectivity index (χ1n) is 1.99. The largest absolute Gasteiger partial charge is 0.237 e. The van der Waals surface area contributed by atoms with Crippen molar-refractivity contribution < 1.29 is 5.11 Å². The predicted molar refractivity (Wildman–Crippen MR) is 28.6 cm³/mol. The van der Waals surface area contributed by atoms with Crippen LogP contribution in [0.2, 0.25) is 0 Å². The lowest BCUT2D eigenvalue weighted by molar-refractivity contribution is 0.194. The van der Waals surface area contributed by atoms with Gasteiger partial charge in [0.05, 0.1) is 6.61 Å². The molecule has 6 heavy (non-hydrogen) atoms. The van der Waals surface area contributed by atoms with E-state index in [1.807, 2.05) is 6.26 Å². The third-order valence-corrected chi connectivity index (χ3v) is 1.19. The van der Waals surface area contributed by atoms with E-state index in [4.69, 9.17) is 0 Å². The molecule has 0 spiro atoms. The van der Waals surface area contributed by atoms with Crippen LogP contribution in [0.4, 0.5) is 0 Å². The Morgan fingerprint density at radius 2 is 2.33 bits per heavy atom. The topological polar surface area (TPSA) is 19.9 Å². The summed E-state index contributed by atoms with van der Waals surface area (Å²) < 4.78 is 0. The molecule has 1 nitrogen and oxygen atoms in total. The Morgan fingerprint density at radius 1 is 1.67 bits per heavy atom. The standard InChI is InChI=1S/C4H9OS/c1-6-4-2-3-5/h2-4H2,1H3. The summed E-state index contributed by atoms with van der Waals surface area (Å²) in [5.74, 6) is 1.02. The minimum absolute atomic E-state index is 0.0842. The van der Waals surface area contributed by atoms with Gasteiger partial charge in [-0.3, -0.25) is 0 Å². The lowest BCUT2D eigenvalue weighted by Crippen LogP contribution is -1.80. The van der Waals surface area contributed by atoms with Crippen molar-refractivity contribution >= 4 is 11.8 Å². The van der Waals surface area contributed by atoms with Crippen molar-refractivity contribution in [1.82, 2.24) is 0 Å². The van der Waals surface area contributed by atoms with Crippen LogP contribution >= 0.6 is 11.8 Å². The number of thioether (sulfide) groups is 1. The fraction of sp³-hybridized carbons (Fsp3) is 1.00. The highest BCUT2D eigenvalue weighted by atomic mass is 32.2. The zero-order valence-corrected chi connectivity index (χ0v) is 4.75.